The average molecular weight is 203 g/mol. The second-order valence-electron chi connectivity index (χ2n) is 3.42. The smallest absolute Gasteiger partial charge is 0.106 e. The van der Waals surface area contributed by atoms with Crippen molar-refractivity contribution in [2.75, 3.05) is 6.61 Å². The highest BCUT2D eigenvalue weighted by Gasteiger charge is 2.41. The molecule has 4 N–H and O–H groups in total. The van der Waals surface area contributed by atoms with Crippen LogP contribution in [0.5, 0.6) is 0 Å². The van der Waals surface area contributed by atoms with Crippen LogP contribution in [0.25, 0.3) is 10.4 Å². The third-order valence-electron chi connectivity index (χ3n) is 2.56. The molecule has 0 aromatic carbocycles. The molecule has 7 heteroatoms. The SMILES string of the molecule is [N-]=[N+]=NC1C[C@H](CO)[C@H](O)[C@H](O)[C@H]1O. The monoisotopic (exact) mass is 203 g/mol. The Morgan fingerprint density at radius 1 is 1.21 bits per heavy atom. The maximum Gasteiger partial charge on any atom is 0.106 e. The second kappa shape index (κ2) is 4.59. The van der Waals surface area contributed by atoms with Crippen LogP contribution in [0.3, 0.4) is 0 Å². The van der Waals surface area contributed by atoms with Crippen LogP contribution >= 0.6 is 0 Å². The molecule has 0 bridgehead atoms. The van der Waals surface area contributed by atoms with Crippen LogP contribution in [0, 0.1) is 5.92 Å². The lowest BCUT2D eigenvalue weighted by Gasteiger charge is -2.37. The van der Waals surface area contributed by atoms with E-state index in [9.17, 15) is 15.3 Å². The largest absolute Gasteiger partial charge is 0.396 e. The molecule has 5 atom stereocenters. The average Bonchev–Trinajstić information content (AvgIpc) is 2.19. The number of aliphatic hydroxyl groups is 4. The molecule has 1 aliphatic carbocycles. The summed E-state index contributed by atoms with van der Waals surface area (Å²) < 4.78 is 0. The molecule has 1 unspecified atom stereocenters. The van der Waals surface area contributed by atoms with Gasteiger partial charge in [0.2, 0.25) is 0 Å². The Hall–Kier alpha value is -0.850. The molecule has 0 saturated heterocycles. The van der Waals surface area contributed by atoms with E-state index in [1.807, 2.05) is 0 Å². The first-order valence-corrected chi connectivity index (χ1v) is 4.31. The molecule has 7 nitrogen and oxygen atoms in total. The Balaban J connectivity index is 2.77. The molecule has 0 aromatic rings. The first kappa shape index (κ1) is 11.2. The molecule has 0 spiro atoms. The zero-order valence-electron chi connectivity index (χ0n) is 7.43. The summed E-state index contributed by atoms with van der Waals surface area (Å²) in [5.41, 5.74) is 8.19. The summed E-state index contributed by atoms with van der Waals surface area (Å²) in [7, 11) is 0. The van der Waals surface area contributed by atoms with Gasteiger partial charge in [-0.25, -0.2) is 0 Å². The first-order valence-electron chi connectivity index (χ1n) is 4.31. The third-order valence-corrected chi connectivity index (χ3v) is 2.56. The first-order chi connectivity index (χ1) is 6.61. The van der Waals surface area contributed by atoms with Gasteiger partial charge in [-0.1, -0.05) is 5.11 Å². The highest BCUT2D eigenvalue weighted by atomic mass is 16.4. The van der Waals surface area contributed by atoms with Gasteiger partial charge in [0, 0.05) is 17.4 Å². The van der Waals surface area contributed by atoms with Crippen molar-refractivity contribution in [2.24, 2.45) is 11.0 Å². The molecule has 14 heavy (non-hydrogen) atoms. The fraction of sp³-hybridized carbons (Fsp3) is 1.00. The van der Waals surface area contributed by atoms with E-state index in [0.29, 0.717) is 0 Å². The highest BCUT2D eigenvalue weighted by molar-refractivity contribution is 4.95. The van der Waals surface area contributed by atoms with Gasteiger partial charge in [-0.3, -0.25) is 0 Å². The predicted molar refractivity (Wildman–Crippen MR) is 46.1 cm³/mol. The van der Waals surface area contributed by atoms with E-state index >= 15 is 0 Å². The van der Waals surface area contributed by atoms with Gasteiger partial charge in [0.25, 0.3) is 0 Å². The van der Waals surface area contributed by atoms with Crippen LogP contribution in [-0.4, -0.2) is 51.4 Å². The summed E-state index contributed by atoms with van der Waals surface area (Å²) in [5, 5.41) is 40.3. The summed E-state index contributed by atoms with van der Waals surface area (Å²) in [4.78, 5) is 2.53. The summed E-state index contributed by atoms with van der Waals surface area (Å²) in [6.07, 6.45) is -3.67. The van der Waals surface area contributed by atoms with Crippen molar-refractivity contribution >= 4 is 0 Å². The van der Waals surface area contributed by atoms with E-state index in [4.69, 9.17) is 10.6 Å². The van der Waals surface area contributed by atoms with Gasteiger partial charge in [0.1, 0.15) is 6.10 Å². The minimum Gasteiger partial charge on any atom is -0.396 e. The molecule has 1 rings (SSSR count). The molecular formula is C7H13N3O4. The number of nitrogens with zero attached hydrogens (tertiary/aromatic N) is 3. The van der Waals surface area contributed by atoms with Crippen LogP contribution < -0.4 is 0 Å². The number of azide groups is 1. The molecular weight excluding hydrogens is 190 g/mol. The molecule has 1 aliphatic rings. The topological polar surface area (TPSA) is 130 Å². The summed E-state index contributed by atoms with van der Waals surface area (Å²) >= 11 is 0. The summed E-state index contributed by atoms with van der Waals surface area (Å²) in [5.74, 6) is -0.566. The van der Waals surface area contributed by atoms with Crippen molar-refractivity contribution in [3.63, 3.8) is 0 Å². The van der Waals surface area contributed by atoms with Crippen molar-refractivity contribution in [1.29, 1.82) is 0 Å². The maximum absolute atomic E-state index is 9.40. The van der Waals surface area contributed by atoms with Gasteiger partial charge >= 0.3 is 0 Å². The zero-order chi connectivity index (χ0) is 10.7. The molecule has 1 fully saturated rings. The summed E-state index contributed by atoms with van der Waals surface area (Å²) in [6, 6.07) is -0.796. The molecule has 80 valence electrons. The molecule has 0 aromatic heterocycles. The van der Waals surface area contributed by atoms with Gasteiger partial charge in [-0.2, -0.15) is 0 Å². The highest BCUT2D eigenvalue weighted by Crippen LogP contribution is 2.27. The quantitative estimate of drug-likeness (QED) is 0.254. The maximum atomic E-state index is 9.40. The van der Waals surface area contributed by atoms with Crippen molar-refractivity contribution in [3.8, 4) is 0 Å². The van der Waals surface area contributed by atoms with E-state index in [-0.39, 0.29) is 13.0 Å². The Labute approximate surface area is 80.2 Å². The van der Waals surface area contributed by atoms with Crippen LogP contribution in [0.15, 0.2) is 5.11 Å². The molecule has 0 amide bonds. The summed E-state index contributed by atoms with van der Waals surface area (Å²) in [6.45, 7) is -0.317. The Kier molecular flexibility index (Phi) is 3.68. The normalized spacial score (nSPS) is 43.0. The standard InChI is InChI=1S/C7H13N3O4/c8-10-9-4-1-3(2-11)5(12)7(14)6(4)13/h3-7,11-14H,1-2H2/t3-,4?,5+,6+,7+/m1/s1. The molecule has 0 radical (unpaired) electrons. The van der Waals surface area contributed by atoms with E-state index in [0.717, 1.165) is 0 Å². The van der Waals surface area contributed by atoms with E-state index in [2.05, 4.69) is 10.0 Å². The van der Waals surface area contributed by atoms with E-state index in [1.165, 1.54) is 0 Å². The second-order valence-corrected chi connectivity index (χ2v) is 3.42. The molecule has 1 saturated carbocycles. The van der Waals surface area contributed by atoms with Gasteiger partial charge in [0.15, 0.2) is 0 Å². The van der Waals surface area contributed by atoms with Crippen LogP contribution in [0.4, 0.5) is 0 Å². The van der Waals surface area contributed by atoms with Crippen LogP contribution in [0.2, 0.25) is 0 Å². The number of hydrogen-bond donors (Lipinski definition) is 4. The minimum absolute atomic E-state index is 0.167. The lowest BCUT2D eigenvalue weighted by Crippen LogP contribution is -2.53. The van der Waals surface area contributed by atoms with Gasteiger partial charge in [0.05, 0.1) is 18.2 Å². The Morgan fingerprint density at radius 3 is 2.36 bits per heavy atom. The molecule has 0 aliphatic heterocycles. The fourth-order valence-corrected chi connectivity index (χ4v) is 1.66. The third kappa shape index (κ3) is 1.97. The molecule has 0 heterocycles. The van der Waals surface area contributed by atoms with E-state index < -0.39 is 30.3 Å². The van der Waals surface area contributed by atoms with Crippen LogP contribution in [0.1, 0.15) is 6.42 Å². The van der Waals surface area contributed by atoms with Crippen molar-refractivity contribution in [3.05, 3.63) is 10.4 Å². The lowest BCUT2D eigenvalue weighted by atomic mass is 9.80. The Morgan fingerprint density at radius 2 is 1.86 bits per heavy atom. The predicted octanol–water partition coefficient (Wildman–Crippen LogP) is -1.24. The Bertz CT molecular complexity index is 241. The zero-order valence-corrected chi connectivity index (χ0v) is 7.43. The number of aliphatic hydroxyl groups excluding tert-OH is 4. The van der Waals surface area contributed by atoms with Crippen molar-refractivity contribution < 1.29 is 20.4 Å². The van der Waals surface area contributed by atoms with Crippen LogP contribution in [-0.2, 0) is 0 Å². The van der Waals surface area contributed by atoms with Crippen molar-refractivity contribution in [2.45, 2.75) is 30.8 Å². The number of hydrogen-bond acceptors (Lipinski definition) is 5. The minimum atomic E-state index is -1.38. The van der Waals surface area contributed by atoms with Gasteiger partial charge in [-0.05, 0) is 12.0 Å². The van der Waals surface area contributed by atoms with Crippen molar-refractivity contribution in [1.82, 2.24) is 0 Å². The lowest BCUT2D eigenvalue weighted by molar-refractivity contribution is -0.125. The van der Waals surface area contributed by atoms with Gasteiger partial charge in [-0.15, -0.1) is 0 Å². The fourth-order valence-electron chi connectivity index (χ4n) is 1.66. The number of rotatable bonds is 2. The van der Waals surface area contributed by atoms with E-state index in [1.54, 1.807) is 0 Å². The van der Waals surface area contributed by atoms with Gasteiger partial charge < -0.3 is 20.4 Å².